The van der Waals surface area contributed by atoms with Gasteiger partial charge in [-0.05, 0) is 0 Å². The van der Waals surface area contributed by atoms with Gasteiger partial charge < -0.3 is 9.72 Å². The largest absolute Gasteiger partial charge is 0.464 e. The highest BCUT2D eigenvalue weighted by Gasteiger charge is 2.33. The third kappa shape index (κ3) is 2.69. The Morgan fingerprint density at radius 3 is 2.53 bits per heavy atom. The number of carbonyl (C=O) groups excluding carboxylic acids is 1. The minimum absolute atomic E-state index is 0.0474. The second-order valence-electron chi connectivity index (χ2n) is 3.41. The first-order chi connectivity index (χ1) is 8.91. The Morgan fingerprint density at radius 1 is 1.32 bits per heavy atom. The number of halogens is 3. The fourth-order valence-corrected chi connectivity index (χ4v) is 1.26. The van der Waals surface area contributed by atoms with E-state index in [0.717, 1.165) is 18.6 Å². The molecule has 0 radical (unpaired) electrons. The van der Waals surface area contributed by atoms with E-state index < -0.39 is 17.8 Å². The third-order valence-corrected chi connectivity index (χ3v) is 2.16. The molecule has 0 aliphatic carbocycles. The summed E-state index contributed by atoms with van der Waals surface area (Å²) in [5.41, 5.74) is -1.02. The molecule has 2 rings (SSSR count). The van der Waals surface area contributed by atoms with Crippen LogP contribution in [0, 0.1) is 0 Å². The van der Waals surface area contributed by atoms with Crippen LogP contribution in [-0.4, -0.2) is 33.0 Å². The zero-order chi connectivity index (χ0) is 14.0. The molecule has 0 spiro atoms. The van der Waals surface area contributed by atoms with Crippen LogP contribution in [0.3, 0.4) is 0 Å². The van der Waals surface area contributed by atoms with Crippen molar-refractivity contribution < 1.29 is 22.7 Å². The summed E-state index contributed by atoms with van der Waals surface area (Å²) in [5, 5.41) is 0. The first-order valence-corrected chi connectivity index (χ1v) is 4.95. The summed E-state index contributed by atoms with van der Waals surface area (Å²) >= 11 is 0. The van der Waals surface area contributed by atoms with E-state index in [1.807, 2.05) is 0 Å². The van der Waals surface area contributed by atoms with Crippen molar-refractivity contribution in [2.45, 2.75) is 6.18 Å². The number of ether oxygens (including phenoxy) is 1. The van der Waals surface area contributed by atoms with Crippen LogP contribution in [0.15, 0.2) is 18.6 Å². The zero-order valence-electron chi connectivity index (χ0n) is 9.52. The van der Waals surface area contributed by atoms with Crippen LogP contribution >= 0.6 is 0 Å². The lowest BCUT2D eigenvalue weighted by molar-refractivity contribution is -0.140. The van der Waals surface area contributed by atoms with E-state index in [1.165, 1.54) is 7.11 Å². The molecule has 0 atom stereocenters. The molecule has 1 N–H and O–H groups in total. The number of esters is 1. The van der Waals surface area contributed by atoms with Gasteiger partial charge in [-0.3, -0.25) is 0 Å². The molecular formula is C10H7F3N4O2. The third-order valence-electron chi connectivity index (χ3n) is 2.16. The highest BCUT2D eigenvalue weighted by Crippen LogP contribution is 2.28. The Kier molecular flexibility index (Phi) is 3.19. The van der Waals surface area contributed by atoms with Gasteiger partial charge in [0.05, 0.1) is 19.5 Å². The van der Waals surface area contributed by atoms with E-state index >= 15 is 0 Å². The Bertz CT molecular complexity index is 592. The molecule has 0 unspecified atom stereocenters. The molecule has 6 nitrogen and oxygen atoms in total. The van der Waals surface area contributed by atoms with E-state index in [9.17, 15) is 18.0 Å². The summed E-state index contributed by atoms with van der Waals surface area (Å²) in [5.74, 6) is -0.772. The lowest BCUT2D eigenvalue weighted by Gasteiger charge is -2.00. The van der Waals surface area contributed by atoms with Gasteiger partial charge in [0.15, 0.2) is 17.2 Å². The Balaban J connectivity index is 2.28. The lowest BCUT2D eigenvalue weighted by Crippen LogP contribution is -2.06. The molecule has 0 aromatic carbocycles. The quantitative estimate of drug-likeness (QED) is 0.841. The average molecular weight is 272 g/mol. The standard InChI is InChI=1S/C10H7F3N4O2/c1-19-9(18)6-3-14-5(2-15-6)8-16-4-7(17-8)10(11,12)13/h2-4H,1H3,(H,16,17). The van der Waals surface area contributed by atoms with Crippen LogP contribution in [0.4, 0.5) is 13.2 Å². The number of imidazole rings is 1. The normalized spacial score (nSPS) is 11.4. The topological polar surface area (TPSA) is 80.8 Å². The lowest BCUT2D eigenvalue weighted by atomic mass is 10.4. The van der Waals surface area contributed by atoms with Crippen LogP contribution < -0.4 is 0 Å². The molecule has 0 saturated carbocycles. The van der Waals surface area contributed by atoms with Crippen molar-refractivity contribution in [3.8, 4) is 11.5 Å². The SMILES string of the molecule is COC(=O)c1cnc(-c2nc(C(F)(F)F)c[nH]2)cn1. The van der Waals surface area contributed by atoms with Gasteiger partial charge in [0.1, 0.15) is 5.69 Å². The Morgan fingerprint density at radius 2 is 2.05 bits per heavy atom. The molecule has 19 heavy (non-hydrogen) atoms. The molecule has 0 amide bonds. The van der Waals surface area contributed by atoms with Crippen LogP contribution in [-0.2, 0) is 10.9 Å². The molecule has 0 aliphatic rings. The summed E-state index contributed by atoms with van der Waals surface area (Å²) in [6.45, 7) is 0. The maximum atomic E-state index is 12.4. The van der Waals surface area contributed by atoms with Gasteiger partial charge in [-0.1, -0.05) is 0 Å². The average Bonchev–Trinajstić information content (AvgIpc) is 2.87. The number of carbonyl (C=O) groups is 1. The van der Waals surface area contributed by atoms with Crippen molar-refractivity contribution >= 4 is 5.97 Å². The highest BCUT2D eigenvalue weighted by molar-refractivity contribution is 5.86. The van der Waals surface area contributed by atoms with Gasteiger partial charge >= 0.3 is 12.1 Å². The number of alkyl halides is 3. The van der Waals surface area contributed by atoms with Crippen molar-refractivity contribution in [1.82, 2.24) is 19.9 Å². The van der Waals surface area contributed by atoms with E-state index in [-0.39, 0.29) is 17.2 Å². The number of aromatic nitrogens is 4. The number of hydrogen-bond acceptors (Lipinski definition) is 5. The molecular weight excluding hydrogens is 265 g/mol. The summed E-state index contributed by atoms with van der Waals surface area (Å²) in [7, 11) is 1.18. The number of H-pyrrole nitrogens is 1. The molecule has 0 aliphatic heterocycles. The number of nitrogens with zero attached hydrogens (tertiary/aromatic N) is 3. The predicted octanol–water partition coefficient (Wildman–Crippen LogP) is 1.67. The van der Waals surface area contributed by atoms with Gasteiger partial charge in [-0.25, -0.2) is 19.7 Å². The first kappa shape index (κ1) is 13.0. The van der Waals surface area contributed by atoms with Crippen molar-refractivity contribution in [1.29, 1.82) is 0 Å². The van der Waals surface area contributed by atoms with Gasteiger partial charge in [-0.15, -0.1) is 0 Å². The summed E-state index contributed by atoms with van der Waals surface area (Å²) in [6.07, 6.45) is -1.58. The monoisotopic (exact) mass is 272 g/mol. The smallest absolute Gasteiger partial charge is 0.434 e. The van der Waals surface area contributed by atoms with E-state index in [1.54, 1.807) is 0 Å². The number of rotatable bonds is 2. The minimum Gasteiger partial charge on any atom is -0.464 e. The maximum Gasteiger partial charge on any atom is 0.434 e. The number of methoxy groups -OCH3 is 1. The molecule has 0 fully saturated rings. The summed E-state index contributed by atoms with van der Waals surface area (Å²) in [4.78, 5) is 24.3. The molecule has 0 bridgehead atoms. The van der Waals surface area contributed by atoms with E-state index in [4.69, 9.17) is 0 Å². The van der Waals surface area contributed by atoms with E-state index in [0.29, 0.717) is 0 Å². The highest BCUT2D eigenvalue weighted by atomic mass is 19.4. The first-order valence-electron chi connectivity index (χ1n) is 4.95. The minimum atomic E-state index is -4.53. The molecule has 2 aromatic rings. The van der Waals surface area contributed by atoms with Gasteiger partial charge in [0, 0.05) is 6.20 Å². The predicted molar refractivity (Wildman–Crippen MR) is 56.0 cm³/mol. The summed E-state index contributed by atoms with van der Waals surface area (Å²) in [6, 6.07) is 0. The number of aromatic amines is 1. The molecule has 100 valence electrons. The molecule has 2 heterocycles. The second kappa shape index (κ2) is 4.67. The summed E-state index contributed by atoms with van der Waals surface area (Å²) < 4.78 is 41.5. The van der Waals surface area contributed by atoms with Crippen molar-refractivity contribution in [2.75, 3.05) is 7.11 Å². The number of nitrogens with one attached hydrogen (secondary N) is 1. The van der Waals surface area contributed by atoms with Gasteiger partial charge in [0.2, 0.25) is 0 Å². The molecule has 0 saturated heterocycles. The second-order valence-corrected chi connectivity index (χ2v) is 3.41. The van der Waals surface area contributed by atoms with Gasteiger partial charge in [-0.2, -0.15) is 13.2 Å². The number of hydrogen-bond donors (Lipinski definition) is 1. The van der Waals surface area contributed by atoms with Crippen molar-refractivity contribution in [3.05, 3.63) is 30.0 Å². The fourth-order valence-electron chi connectivity index (χ4n) is 1.26. The maximum absolute atomic E-state index is 12.4. The Labute approximate surface area is 104 Å². The van der Waals surface area contributed by atoms with Crippen LogP contribution in [0.1, 0.15) is 16.2 Å². The van der Waals surface area contributed by atoms with Gasteiger partial charge in [0.25, 0.3) is 0 Å². The van der Waals surface area contributed by atoms with Crippen molar-refractivity contribution in [2.24, 2.45) is 0 Å². The van der Waals surface area contributed by atoms with Crippen LogP contribution in [0.5, 0.6) is 0 Å². The fraction of sp³-hybridized carbons (Fsp3) is 0.200. The van der Waals surface area contributed by atoms with Crippen LogP contribution in [0.2, 0.25) is 0 Å². The molecule has 2 aromatic heterocycles. The Hall–Kier alpha value is -2.45. The van der Waals surface area contributed by atoms with Crippen LogP contribution in [0.25, 0.3) is 11.5 Å². The molecule has 9 heteroatoms. The zero-order valence-corrected chi connectivity index (χ0v) is 9.52. The van der Waals surface area contributed by atoms with Crippen molar-refractivity contribution in [3.63, 3.8) is 0 Å². The van der Waals surface area contributed by atoms with E-state index in [2.05, 4.69) is 24.7 Å².